The molecule has 3 rings (SSSR count). The Morgan fingerprint density at radius 3 is 2.32 bits per heavy atom. The molecule has 0 radical (unpaired) electrons. The maximum Gasteiger partial charge on any atom is 0.435 e. The van der Waals surface area contributed by atoms with Crippen LogP contribution in [0.15, 0.2) is 41.3 Å². The van der Waals surface area contributed by atoms with E-state index in [2.05, 4.69) is 15.5 Å². The van der Waals surface area contributed by atoms with E-state index < -0.39 is 38.6 Å². The molecule has 0 saturated heterocycles. The highest BCUT2D eigenvalue weighted by Gasteiger charge is 2.38. The minimum atomic E-state index is -4.83. The summed E-state index contributed by atoms with van der Waals surface area (Å²) in [4.78, 5) is 13.3. The lowest BCUT2D eigenvalue weighted by Crippen LogP contribution is -2.21. The van der Waals surface area contributed by atoms with E-state index in [0.717, 1.165) is 23.6 Å². The van der Waals surface area contributed by atoms with Crippen molar-refractivity contribution in [3.8, 4) is 11.6 Å². The summed E-state index contributed by atoms with van der Waals surface area (Å²) >= 11 is 0. The van der Waals surface area contributed by atoms with Crippen molar-refractivity contribution in [2.45, 2.75) is 38.8 Å². The molecule has 2 aromatic carbocycles. The first-order valence-corrected chi connectivity index (χ1v) is 12.0. The van der Waals surface area contributed by atoms with Gasteiger partial charge in [-0.1, -0.05) is 12.1 Å². The molecule has 34 heavy (non-hydrogen) atoms. The summed E-state index contributed by atoms with van der Waals surface area (Å²) in [6, 6.07) is 9.17. The van der Waals surface area contributed by atoms with Gasteiger partial charge in [0.15, 0.2) is 5.69 Å². The zero-order valence-corrected chi connectivity index (χ0v) is 19.9. The summed E-state index contributed by atoms with van der Waals surface area (Å²) in [5.74, 6) is -0.975. The number of amides is 1. The van der Waals surface area contributed by atoms with E-state index in [9.17, 15) is 22.2 Å². The lowest BCUT2D eigenvalue weighted by Gasteiger charge is -2.17. The Hall–Kier alpha value is -3.47. The van der Waals surface area contributed by atoms with Gasteiger partial charge in [-0.2, -0.15) is 13.2 Å². The standard InChI is InChI=1S/C23H23F3N4O3S/c1-12-9-10-18(14(3)13(12)2)33-22-19(15(4)20(29-30-22)23(24,25)26)21(31)28-16-7-6-8-17(11-16)34(5,27)32/h6-11,27H,1-5H3,(H,28,31). The molecule has 0 aliphatic rings. The van der Waals surface area contributed by atoms with Crippen LogP contribution < -0.4 is 10.1 Å². The largest absolute Gasteiger partial charge is 0.437 e. The van der Waals surface area contributed by atoms with Crippen LogP contribution in [0.3, 0.4) is 0 Å². The number of carbonyl (C=O) groups excluding carboxylic acids is 1. The van der Waals surface area contributed by atoms with Crippen molar-refractivity contribution in [2.24, 2.45) is 0 Å². The fourth-order valence-corrected chi connectivity index (χ4v) is 3.95. The van der Waals surface area contributed by atoms with Crippen LogP contribution in [0.1, 0.15) is 38.3 Å². The smallest absolute Gasteiger partial charge is 0.435 e. The van der Waals surface area contributed by atoms with Gasteiger partial charge in [-0.25, -0.2) is 8.99 Å². The number of nitrogens with zero attached hydrogens (tertiary/aromatic N) is 2. The average molecular weight is 493 g/mol. The highest BCUT2D eigenvalue weighted by Crippen LogP contribution is 2.36. The molecule has 0 spiro atoms. The van der Waals surface area contributed by atoms with E-state index in [1.165, 1.54) is 30.5 Å². The van der Waals surface area contributed by atoms with Crippen LogP contribution in [0.4, 0.5) is 18.9 Å². The molecule has 2 N–H and O–H groups in total. The van der Waals surface area contributed by atoms with Crippen molar-refractivity contribution in [1.29, 1.82) is 4.78 Å². The van der Waals surface area contributed by atoms with E-state index in [0.29, 0.717) is 5.75 Å². The molecule has 1 heterocycles. The van der Waals surface area contributed by atoms with Crippen molar-refractivity contribution >= 4 is 21.3 Å². The van der Waals surface area contributed by atoms with E-state index >= 15 is 0 Å². The third-order valence-corrected chi connectivity index (χ3v) is 6.59. The fraction of sp³-hybridized carbons (Fsp3) is 0.261. The van der Waals surface area contributed by atoms with E-state index in [1.807, 2.05) is 13.8 Å². The highest BCUT2D eigenvalue weighted by atomic mass is 32.2. The number of anilines is 1. The second-order valence-corrected chi connectivity index (χ2v) is 10.1. The van der Waals surface area contributed by atoms with Gasteiger partial charge in [-0.15, -0.1) is 10.2 Å². The lowest BCUT2D eigenvalue weighted by molar-refractivity contribution is -0.142. The molecule has 1 atom stereocenters. The third kappa shape index (κ3) is 5.19. The number of carbonyl (C=O) groups is 1. The molecule has 1 amide bonds. The molecule has 0 bridgehead atoms. The lowest BCUT2D eigenvalue weighted by atomic mass is 10.0. The number of aromatic nitrogens is 2. The molecular formula is C23H23F3N4O3S. The first kappa shape index (κ1) is 25.2. The summed E-state index contributed by atoms with van der Waals surface area (Å²) in [6.45, 7) is 6.69. The molecule has 0 saturated carbocycles. The quantitative estimate of drug-likeness (QED) is 0.468. The van der Waals surface area contributed by atoms with E-state index in [-0.39, 0.29) is 16.5 Å². The summed E-state index contributed by atoms with van der Waals surface area (Å²) < 4.78 is 66.0. The zero-order chi connectivity index (χ0) is 25.4. The summed E-state index contributed by atoms with van der Waals surface area (Å²) in [7, 11) is -3.07. The minimum Gasteiger partial charge on any atom is -0.437 e. The maximum atomic E-state index is 13.5. The van der Waals surface area contributed by atoms with Crippen LogP contribution in [0.25, 0.3) is 0 Å². The van der Waals surface area contributed by atoms with E-state index in [4.69, 9.17) is 9.52 Å². The second-order valence-electron chi connectivity index (χ2n) is 7.91. The Morgan fingerprint density at radius 2 is 1.71 bits per heavy atom. The van der Waals surface area contributed by atoms with Gasteiger partial charge in [0, 0.05) is 16.8 Å². The fourth-order valence-electron chi connectivity index (χ4n) is 3.26. The zero-order valence-electron chi connectivity index (χ0n) is 19.1. The molecule has 7 nitrogen and oxygen atoms in total. The molecule has 0 aliphatic carbocycles. The predicted molar refractivity (Wildman–Crippen MR) is 122 cm³/mol. The van der Waals surface area contributed by atoms with Crippen molar-refractivity contribution in [2.75, 3.05) is 11.6 Å². The summed E-state index contributed by atoms with van der Waals surface area (Å²) in [6.07, 6.45) is -3.61. The number of rotatable bonds is 5. The Bertz CT molecular complexity index is 1390. The molecule has 3 aromatic rings. The molecule has 1 unspecified atom stereocenters. The van der Waals surface area contributed by atoms with Crippen LogP contribution >= 0.6 is 0 Å². The van der Waals surface area contributed by atoms with Gasteiger partial charge in [0.1, 0.15) is 11.3 Å². The molecule has 1 aromatic heterocycles. The number of hydrogen-bond donors (Lipinski definition) is 2. The number of alkyl halides is 3. The Balaban J connectivity index is 2.10. The van der Waals surface area contributed by atoms with Gasteiger partial charge in [0.25, 0.3) is 11.8 Å². The minimum absolute atomic E-state index is 0.155. The number of benzene rings is 2. The summed E-state index contributed by atoms with van der Waals surface area (Å²) in [5.41, 5.74) is 0.628. The summed E-state index contributed by atoms with van der Waals surface area (Å²) in [5, 5.41) is 9.34. The second kappa shape index (κ2) is 9.05. The van der Waals surface area contributed by atoms with Crippen molar-refractivity contribution in [3.63, 3.8) is 0 Å². The molecule has 11 heteroatoms. The number of nitrogens with one attached hydrogen (secondary N) is 2. The number of halogens is 3. The Labute approximate surface area is 195 Å². The Morgan fingerprint density at radius 1 is 1.03 bits per heavy atom. The molecule has 180 valence electrons. The van der Waals surface area contributed by atoms with Gasteiger partial charge >= 0.3 is 6.18 Å². The van der Waals surface area contributed by atoms with Crippen LogP contribution in [-0.2, 0) is 15.9 Å². The van der Waals surface area contributed by atoms with E-state index in [1.54, 1.807) is 19.1 Å². The monoisotopic (exact) mass is 492 g/mol. The van der Waals surface area contributed by atoms with Crippen LogP contribution in [0.5, 0.6) is 11.6 Å². The SMILES string of the molecule is Cc1ccc(Oc2nnc(C(F)(F)F)c(C)c2C(=O)Nc2cccc(S(C)(=N)=O)c2)c(C)c1C. The molecular weight excluding hydrogens is 469 g/mol. The van der Waals surface area contributed by atoms with Gasteiger partial charge < -0.3 is 10.1 Å². The number of hydrogen-bond acceptors (Lipinski definition) is 6. The first-order valence-electron chi connectivity index (χ1n) is 10.0. The number of ether oxygens (including phenoxy) is 1. The number of aryl methyl sites for hydroxylation is 1. The average Bonchev–Trinajstić information content (AvgIpc) is 2.73. The normalized spacial score (nSPS) is 13.3. The van der Waals surface area contributed by atoms with Gasteiger partial charge in [-0.3, -0.25) is 4.79 Å². The van der Waals surface area contributed by atoms with Crippen molar-refractivity contribution in [1.82, 2.24) is 10.2 Å². The molecule has 0 fully saturated rings. The van der Waals surface area contributed by atoms with Gasteiger partial charge in [-0.05, 0) is 74.2 Å². The first-order chi connectivity index (χ1) is 15.7. The van der Waals surface area contributed by atoms with Crippen LogP contribution in [-0.4, -0.2) is 26.6 Å². The third-order valence-electron chi connectivity index (χ3n) is 5.44. The molecule has 0 aliphatic heterocycles. The topological polar surface area (TPSA) is 105 Å². The van der Waals surface area contributed by atoms with Crippen LogP contribution in [0.2, 0.25) is 0 Å². The van der Waals surface area contributed by atoms with Crippen LogP contribution in [0, 0.1) is 32.5 Å². The maximum absolute atomic E-state index is 13.5. The van der Waals surface area contributed by atoms with Gasteiger partial charge in [0.2, 0.25) is 0 Å². The highest BCUT2D eigenvalue weighted by molar-refractivity contribution is 7.91. The Kier molecular flexibility index (Phi) is 6.70. The van der Waals surface area contributed by atoms with Crippen molar-refractivity contribution in [3.05, 3.63) is 69.9 Å². The van der Waals surface area contributed by atoms with Gasteiger partial charge in [0.05, 0.1) is 9.73 Å². The van der Waals surface area contributed by atoms with Crippen molar-refractivity contribution < 1.29 is 26.9 Å². The predicted octanol–water partition coefficient (Wildman–Crippen LogP) is 5.81.